The number of aryl methyl sites for hydroxylation is 1. The van der Waals surface area contributed by atoms with Gasteiger partial charge in [0.25, 0.3) is 5.69 Å². The molecule has 3 rings (SSSR count). The highest BCUT2D eigenvalue weighted by Crippen LogP contribution is 2.36. The van der Waals surface area contributed by atoms with Crippen LogP contribution in [-0.4, -0.2) is 4.92 Å². The number of hydrogen-bond donors (Lipinski definition) is 0. The van der Waals surface area contributed by atoms with Gasteiger partial charge in [-0.2, -0.15) is 0 Å². The molecule has 0 saturated carbocycles. The molecule has 0 aliphatic rings. The highest BCUT2D eigenvalue weighted by atomic mass is 16.6. The van der Waals surface area contributed by atoms with E-state index in [0.29, 0.717) is 10.9 Å². The lowest BCUT2D eigenvalue weighted by molar-refractivity contribution is -0.382. The van der Waals surface area contributed by atoms with Gasteiger partial charge >= 0.3 is 0 Å². The van der Waals surface area contributed by atoms with Gasteiger partial charge in [0, 0.05) is 0 Å². The van der Waals surface area contributed by atoms with E-state index in [1.165, 1.54) is 0 Å². The van der Waals surface area contributed by atoms with Crippen molar-refractivity contribution >= 4 is 16.5 Å². The molecular weight excluding hydrogens is 250 g/mol. The Kier molecular flexibility index (Phi) is 2.95. The number of benzene rings is 3. The Hall–Kier alpha value is -2.68. The van der Waals surface area contributed by atoms with Crippen molar-refractivity contribution in [3.8, 4) is 11.1 Å². The topological polar surface area (TPSA) is 43.1 Å². The van der Waals surface area contributed by atoms with Crippen LogP contribution in [0.15, 0.2) is 60.7 Å². The average molecular weight is 263 g/mol. The van der Waals surface area contributed by atoms with E-state index in [0.717, 1.165) is 16.5 Å². The van der Waals surface area contributed by atoms with E-state index in [-0.39, 0.29) is 10.6 Å². The first-order valence-electron chi connectivity index (χ1n) is 6.40. The Bertz CT molecular complexity index is 795. The third-order valence-corrected chi connectivity index (χ3v) is 3.41. The van der Waals surface area contributed by atoms with Crippen LogP contribution >= 0.6 is 0 Å². The maximum absolute atomic E-state index is 11.5. The van der Waals surface area contributed by atoms with Gasteiger partial charge in [-0.15, -0.1) is 0 Å². The summed E-state index contributed by atoms with van der Waals surface area (Å²) in [5, 5.41) is 13.1. The minimum Gasteiger partial charge on any atom is -0.258 e. The molecule has 0 saturated heterocycles. The summed E-state index contributed by atoms with van der Waals surface area (Å²) < 4.78 is 0. The summed E-state index contributed by atoms with van der Waals surface area (Å²) in [6.07, 6.45) is 0. The quantitative estimate of drug-likeness (QED) is 0.495. The first-order chi connectivity index (χ1) is 9.66. The summed E-state index contributed by atoms with van der Waals surface area (Å²) in [5.74, 6) is 0. The minimum absolute atomic E-state index is 0.175. The van der Waals surface area contributed by atoms with Crippen LogP contribution in [-0.2, 0) is 0 Å². The molecule has 98 valence electrons. The number of rotatable bonds is 2. The molecule has 0 aliphatic heterocycles. The Morgan fingerprint density at radius 1 is 0.950 bits per heavy atom. The van der Waals surface area contributed by atoms with Crippen molar-refractivity contribution in [1.82, 2.24) is 0 Å². The van der Waals surface area contributed by atoms with Crippen LogP contribution in [0.1, 0.15) is 5.56 Å². The van der Waals surface area contributed by atoms with Gasteiger partial charge in [-0.1, -0.05) is 54.1 Å². The number of nitro groups is 1. The Morgan fingerprint density at radius 3 is 2.40 bits per heavy atom. The van der Waals surface area contributed by atoms with Crippen LogP contribution in [0.3, 0.4) is 0 Å². The lowest BCUT2D eigenvalue weighted by Gasteiger charge is -2.07. The molecule has 0 atom stereocenters. The third-order valence-electron chi connectivity index (χ3n) is 3.41. The molecule has 0 aromatic heterocycles. The standard InChI is InChI=1S/C17H13NO2/c1-12-7-9-16-14(11-12)8-10-15(17(16)18(19)20)13-5-3-2-4-6-13/h2-11H,1H3. The predicted molar refractivity (Wildman–Crippen MR) is 80.8 cm³/mol. The summed E-state index contributed by atoms with van der Waals surface area (Å²) in [6.45, 7) is 1.98. The second kappa shape index (κ2) is 4.78. The SMILES string of the molecule is Cc1ccc2c([N+](=O)[O-])c(-c3ccccc3)ccc2c1. The Balaban J connectivity index is 2.36. The molecule has 0 bridgehead atoms. The zero-order valence-corrected chi connectivity index (χ0v) is 11.0. The molecule has 3 nitrogen and oxygen atoms in total. The molecule has 20 heavy (non-hydrogen) atoms. The summed E-state index contributed by atoms with van der Waals surface area (Å²) in [6, 6.07) is 18.9. The fourth-order valence-electron chi connectivity index (χ4n) is 2.48. The molecule has 0 N–H and O–H groups in total. The zero-order chi connectivity index (χ0) is 14.1. The Labute approximate surface area is 116 Å². The van der Waals surface area contributed by atoms with E-state index in [1.807, 2.05) is 67.6 Å². The molecule has 0 heterocycles. The third kappa shape index (κ3) is 2.03. The highest BCUT2D eigenvalue weighted by molar-refractivity contribution is 5.98. The molecule has 0 aliphatic carbocycles. The molecule has 0 unspecified atom stereocenters. The van der Waals surface area contributed by atoms with Crippen LogP contribution < -0.4 is 0 Å². The molecule has 3 aromatic carbocycles. The van der Waals surface area contributed by atoms with Crippen LogP contribution in [0.4, 0.5) is 5.69 Å². The maximum Gasteiger partial charge on any atom is 0.284 e. The van der Waals surface area contributed by atoms with Crippen LogP contribution in [0.25, 0.3) is 21.9 Å². The fraction of sp³-hybridized carbons (Fsp3) is 0.0588. The second-order valence-corrected chi connectivity index (χ2v) is 4.81. The van der Waals surface area contributed by atoms with Crippen molar-refractivity contribution in [2.45, 2.75) is 6.92 Å². The summed E-state index contributed by atoms with van der Waals surface area (Å²) in [5.41, 5.74) is 2.79. The number of fused-ring (bicyclic) bond motifs is 1. The fourth-order valence-corrected chi connectivity index (χ4v) is 2.48. The molecule has 0 radical (unpaired) electrons. The van der Waals surface area contributed by atoms with E-state index < -0.39 is 0 Å². The van der Waals surface area contributed by atoms with Crippen LogP contribution in [0.2, 0.25) is 0 Å². The normalized spacial score (nSPS) is 10.7. The monoisotopic (exact) mass is 263 g/mol. The minimum atomic E-state index is -0.292. The highest BCUT2D eigenvalue weighted by Gasteiger charge is 2.19. The van der Waals surface area contributed by atoms with E-state index in [4.69, 9.17) is 0 Å². The van der Waals surface area contributed by atoms with Gasteiger partial charge in [-0.05, 0) is 30.0 Å². The number of nitro benzene ring substituents is 1. The van der Waals surface area contributed by atoms with Gasteiger partial charge in [0.2, 0.25) is 0 Å². The smallest absolute Gasteiger partial charge is 0.258 e. The van der Waals surface area contributed by atoms with E-state index in [9.17, 15) is 10.1 Å². The van der Waals surface area contributed by atoms with Crippen molar-refractivity contribution in [2.75, 3.05) is 0 Å². The summed E-state index contributed by atoms with van der Waals surface area (Å²) >= 11 is 0. The van der Waals surface area contributed by atoms with Crippen molar-refractivity contribution in [1.29, 1.82) is 0 Å². The lowest BCUT2D eigenvalue weighted by Crippen LogP contribution is -1.94. The molecule has 0 amide bonds. The van der Waals surface area contributed by atoms with Crippen molar-refractivity contribution < 1.29 is 4.92 Å². The number of hydrogen-bond acceptors (Lipinski definition) is 2. The van der Waals surface area contributed by atoms with Gasteiger partial charge in [-0.25, -0.2) is 0 Å². The second-order valence-electron chi connectivity index (χ2n) is 4.81. The first-order valence-corrected chi connectivity index (χ1v) is 6.40. The first kappa shape index (κ1) is 12.4. The molecular formula is C17H13NO2. The van der Waals surface area contributed by atoms with Gasteiger partial charge in [0.15, 0.2) is 0 Å². The predicted octanol–water partition coefficient (Wildman–Crippen LogP) is 4.72. The molecule has 3 aromatic rings. The Morgan fingerprint density at radius 2 is 1.70 bits per heavy atom. The van der Waals surface area contributed by atoms with E-state index in [1.54, 1.807) is 0 Å². The maximum atomic E-state index is 11.5. The van der Waals surface area contributed by atoms with Gasteiger partial charge in [0.05, 0.1) is 15.9 Å². The average Bonchev–Trinajstić information content (AvgIpc) is 2.46. The van der Waals surface area contributed by atoms with Crippen molar-refractivity contribution in [3.05, 3.63) is 76.3 Å². The summed E-state index contributed by atoms with van der Waals surface area (Å²) in [4.78, 5) is 11.2. The van der Waals surface area contributed by atoms with Crippen LogP contribution in [0.5, 0.6) is 0 Å². The van der Waals surface area contributed by atoms with Gasteiger partial charge in [0.1, 0.15) is 0 Å². The van der Waals surface area contributed by atoms with E-state index >= 15 is 0 Å². The zero-order valence-electron chi connectivity index (χ0n) is 11.0. The van der Waals surface area contributed by atoms with E-state index in [2.05, 4.69) is 0 Å². The largest absolute Gasteiger partial charge is 0.284 e. The van der Waals surface area contributed by atoms with Gasteiger partial charge in [-0.3, -0.25) is 10.1 Å². The summed E-state index contributed by atoms with van der Waals surface area (Å²) in [7, 11) is 0. The van der Waals surface area contributed by atoms with Crippen LogP contribution in [0, 0.1) is 17.0 Å². The van der Waals surface area contributed by atoms with Crippen molar-refractivity contribution in [3.63, 3.8) is 0 Å². The van der Waals surface area contributed by atoms with Crippen molar-refractivity contribution in [2.24, 2.45) is 0 Å². The van der Waals surface area contributed by atoms with Gasteiger partial charge < -0.3 is 0 Å². The molecule has 3 heteroatoms. The molecule has 0 fully saturated rings. The number of nitrogens with zero attached hydrogens (tertiary/aromatic N) is 1. The molecule has 0 spiro atoms. The lowest BCUT2D eigenvalue weighted by atomic mass is 9.97.